The highest BCUT2D eigenvalue weighted by molar-refractivity contribution is 5.18. The number of aromatic nitrogens is 2. The standard InChI is InChI=1S/C15H22N2O2/c1-15-3-2-11(18)10(15)5-8(12-13(15)14(12)19)4-9-6-16-7-17-9/h6-8,10-14,18-19H,2-5H2,1H3,(H,16,17). The van der Waals surface area contributed by atoms with Crippen LogP contribution in [0.3, 0.4) is 0 Å². The van der Waals surface area contributed by atoms with E-state index < -0.39 is 0 Å². The van der Waals surface area contributed by atoms with E-state index in [-0.39, 0.29) is 17.6 Å². The summed E-state index contributed by atoms with van der Waals surface area (Å²) in [7, 11) is 0. The predicted molar refractivity (Wildman–Crippen MR) is 70.2 cm³/mol. The van der Waals surface area contributed by atoms with Gasteiger partial charge in [-0.2, -0.15) is 0 Å². The molecule has 0 radical (unpaired) electrons. The maximum Gasteiger partial charge on any atom is 0.0921 e. The number of nitrogens with one attached hydrogen (secondary N) is 1. The number of aliphatic hydroxyl groups is 2. The number of nitrogens with zero attached hydrogens (tertiary/aromatic N) is 1. The van der Waals surface area contributed by atoms with Gasteiger partial charge in [-0.05, 0) is 54.8 Å². The van der Waals surface area contributed by atoms with Crippen LogP contribution in [0.4, 0.5) is 0 Å². The van der Waals surface area contributed by atoms with Crippen LogP contribution in [0.2, 0.25) is 0 Å². The van der Waals surface area contributed by atoms with Gasteiger partial charge in [0.05, 0.1) is 18.5 Å². The van der Waals surface area contributed by atoms with Crippen molar-refractivity contribution in [3.63, 3.8) is 0 Å². The molecule has 0 aromatic carbocycles. The van der Waals surface area contributed by atoms with Crippen molar-refractivity contribution in [2.45, 2.75) is 44.8 Å². The average Bonchev–Trinajstić information content (AvgIpc) is 2.76. The Bertz CT molecular complexity index is 474. The molecule has 4 nitrogen and oxygen atoms in total. The van der Waals surface area contributed by atoms with Gasteiger partial charge in [0.15, 0.2) is 0 Å². The summed E-state index contributed by atoms with van der Waals surface area (Å²) in [4.78, 5) is 7.24. The van der Waals surface area contributed by atoms with Crippen LogP contribution in [0.25, 0.3) is 0 Å². The molecule has 3 saturated carbocycles. The van der Waals surface area contributed by atoms with E-state index in [0.717, 1.165) is 31.4 Å². The molecule has 0 saturated heterocycles. The van der Waals surface area contributed by atoms with Crippen molar-refractivity contribution in [3.05, 3.63) is 18.2 Å². The summed E-state index contributed by atoms with van der Waals surface area (Å²) in [5.41, 5.74) is 1.33. The summed E-state index contributed by atoms with van der Waals surface area (Å²) >= 11 is 0. The second-order valence-electron chi connectivity index (χ2n) is 7.09. The molecule has 0 spiro atoms. The van der Waals surface area contributed by atoms with Crippen LogP contribution in [0.5, 0.6) is 0 Å². The van der Waals surface area contributed by atoms with Gasteiger partial charge >= 0.3 is 0 Å². The number of aromatic amines is 1. The number of imidazole rings is 1. The maximum absolute atomic E-state index is 10.3. The van der Waals surface area contributed by atoms with Crippen molar-refractivity contribution >= 4 is 0 Å². The van der Waals surface area contributed by atoms with Crippen LogP contribution >= 0.6 is 0 Å². The fourth-order valence-corrected chi connectivity index (χ4v) is 5.23. The lowest BCUT2D eigenvalue weighted by Crippen LogP contribution is -2.37. The minimum Gasteiger partial charge on any atom is -0.393 e. The lowest BCUT2D eigenvalue weighted by Gasteiger charge is -2.40. The van der Waals surface area contributed by atoms with E-state index in [0.29, 0.717) is 23.7 Å². The van der Waals surface area contributed by atoms with E-state index in [4.69, 9.17) is 0 Å². The Morgan fingerprint density at radius 1 is 1.47 bits per heavy atom. The molecule has 3 N–H and O–H groups in total. The molecule has 0 amide bonds. The lowest BCUT2D eigenvalue weighted by atomic mass is 9.65. The Kier molecular flexibility index (Phi) is 2.40. The summed E-state index contributed by atoms with van der Waals surface area (Å²) in [6.07, 6.45) is 7.28. The van der Waals surface area contributed by atoms with Crippen LogP contribution in [0.15, 0.2) is 12.5 Å². The molecule has 4 heteroatoms. The van der Waals surface area contributed by atoms with Crippen molar-refractivity contribution in [3.8, 4) is 0 Å². The average molecular weight is 262 g/mol. The van der Waals surface area contributed by atoms with E-state index in [1.807, 2.05) is 6.20 Å². The molecule has 104 valence electrons. The molecule has 3 fully saturated rings. The van der Waals surface area contributed by atoms with Gasteiger partial charge in [0.25, 0.3) is 0 Å². The highest BCUT2D eigenvalue weighted by Gasteiger charge is 2.68. The van der Waals surface area contributed by atoms with Crippen molar-refractivity contribution in [2.75, 3.05) is 0 Å². The summed E-state index contributed by atoms with van der Waals surface area (Å²) < 4.78 is 0. The molecule has 19 heavy (non-hydrogen) atoms. The zero-order valence-electron chi connectivity index (χ0n) is 11.3. The number of aliphatic hydroxyl groups excluding tert-OH is 2. The Labute approximate surface area is 113 Å². The Hall–Kier alpha value is -0.870. The van der Waals surface area contributed by atoms with E-state index in [1.165, 1.54) is 0 Å². The molecule has 7 atom stereocenters. The third-order valence-electron chi connectivity index (χ3n) is 6.23. The molecule has 1 aromatic rings. The normalized spacial score (nSPS) is 51.7. The molecule has 7 unspecified atom stereocenters. The van der Waals surface area contributed by atoms with Crippen molar-refractivity contribution in [2.24, 2.45) is 29.1 Å². The quantitative estimate of drug-likeness (QED) is 0.753. The summed E-state index contributed by atoms with van der Waals surface area (Å²) in [6, 6.07) is 0. The zero-order chi connectivity index (χ0) is 13.2. The number of hydrogen-bond acceptors (Lipinski definition) is 3. The van der Waals surface area contributed by atoms with E-state index in [1.54, 1.807) is 6.33 Å². The lowest BCUT2D eigenvalue weighted by molar-refractivity contribution is 0.0219. The van der Waals surface area contributed by atoms with Gasteiger partial charge in [-0.1, -0.05) is 6.92 Å². The van der Waals surface area contributed by atoms with Crippen LogP contribution in [-0.2, 0) is 6.42 Å². The molecular weight excluding hydrogens is 240 g/mol. The SMILES string of the molecule is CC12CCC(O)C1CC(Cc1cnc[nH]1)C1C(O)C12. The van der Waals surface area contributed by atoms with Crippen LogP contribution in [0, 0.1) is 29.1 Å². The van der Waals surface area contributed by atoms with E-state index in [2.05, 4.69) is 16.9 Å². The summed E-state index contributed by atoms with van der Waals surface area (Å²) in [5.74, 6) is 1.72. The summed E-state index contributed by atoms with van der Waals surface area (Å²) in [5, 5.41) is 20.6. The molecule has 1 heterocycles. The van der Waals surface area contributed by atoms with Crippen molar-refractivity contribution in [1.82, 2.24) is 9.97 Å². The molecule has 0 bridgehead atoms. The Balaban J connectivity index is 1.59. The minimum absolute atomic E-state index is 0.145. The molecule has 3 aliphatic carbocycles. The molecule has 3 aliphatic rings. The fourth-order valence-electron chi connectivity index (χ4n) is 5.23. The molecule has 4 rings (SSSR count). The van der Waals surface area contributed by atoms with Crippen LogP contribution in [-0.4, -0.2) is 32.4 Å². The second kappa shape index (κ2) is 3.83. The second-order valence-corrected chi connectivity index (χ2v) is 7.09. The zero-order valence-corrected chi connectivity index (χ0v) is 11.3. The number of fused-ring (bicyclic) bond motifs is 3. The molecular formula is C15H22N2O2. The largest absolute Gasteiger partial charge is 0.393 e. The van der Waals surface area contributed by atoms with Crippen molar-refractivity contribution in [1.29, 1.82) is 0 Å². The first-order valence-electron chi connectivity index (χ1n) is 7.44. The van der Waals surface area contributed by atoms with Crippen molar-refractivity contribution < 1.29 is 10.2 Å². The predicted octanol–water partition coefficient (Wildman–Crippen LogP) is 1.36. The number of rotatable bonds is 2. The maximum atomic E-state index is 10.3. The first-order valence-corrected chi connectivity index (χ1v) is 7.44. The Morgan fingerprint density at radius 3 is 3.05 bits per heavy atom. The smallest absolute Gasteiger partial charge is 0.0921 e. The van der Waals surface area contributed by atoms with Crippen LogP contribution < -0.4 is 0 Å². The monoisotopic (exact) mass is 262 g/mol. The van der Waals surface area contributed by atoms with E-state index in [9.17, 15) is 10.2 Å². The minimum atomic E-state index is -0.164. The number of H-pyrrole nitrogens is 1. The van der Waals surface area contributed by atoms with Gasteiger partial charge in [-0.3, -0.25) is 0 Å². The first kappa shape index (κ1) is 11.9. The highest BCUT2D eigenvalue weighted by Crippen LogP contribution is 2.68. The Morgan fingerprint density at radius 2 is 2.32 bits per heavy atom. The van der Waals surface area contributed by atoms with Gasteiger partial charge in [0, 0.05) is 11.9 Å². The van der Waals surface area contributed by atoms with Gasteiger partial charge < -0.3 is 15.2 Å². The number of hydrogen-bond donors (Lipinski definition) is 3. The van der Waals surface area contributed by atoms with E-state index >= 15 is 0 Å². The fraction of sp³-hybridized carbons (Fsp3) is 0.800. The highest BCUT2D eigenvalue weighted by atomic mass is 16.3. The first-order chi connectivity index (χ1) is 9.11. The van der Waals surface area contributed by atoms with Crippen LogP contribution in [0.1, 0.15) is 31.9 Å². The third kappa shape index (κ3) is 1.56. The molecule has 0 aliphatic heterocycles. The topological polar surface area (TPSA) is 69.1 Å². The summed E-state index contributed by atoms with van der Waals surface area (Å²) in [6.45, 7) is 2.29. The van der Waals surface area contributed by atoms with Gasteiger partial charge in [0.2, 0.25) is 0 Å². The van der Waals surface area contributed by atoms with Gasteiger partial charge in [0.1, 0.15) is 0 Å². The van der Waals surface area contributed by atoms with Gasteiger partial charge in [-0.15, -0.1) is 0 Å². The third-order valence-corrected chi connectivity index (χ3v) is 6.23. The molecule has 1 aromatic heterocycles. The van der Waals surface area contributed by atoms with Gasteiger partial charge in [-0.25, -0.2) is 4.98 Å².